The van der Waals surface area contributed by atoms with Gasteiger partial charge >= 0.3 is 162 Å². The molecule has 0 aliphatic carbocycles. The fraction of sp³-hybridized carbons (Fsp3) is 0.368. The van der Waals surface area contributed by atoms with Crippen molar-refractivity contribution >= 4 is 17.7 Å². The molecule has 0 aliphatic rings. The first-order chi connectivity index (χ1) is 13.1. The summed E-state index contributed by atoms with van der Waals surface area (Å²) >= 11 is 0. The molecule has 0 spiro atoms. The van der Waals surface area contributed by atoms with E-state index in [0.29, 0.717) is 17.9 Å². The van der Waals surface area contributed by atoms with Crippen LogP contribution in [0.2, 0.25) is 0 Å². The molecule has 2 rings (SSSR count). The van der Waals surface area contributed by atoms with Crippen molar-refractivity contribution in [3.05, 3.63) is 59.7 Å². The van der Waals surface area contributed by atoms with Crippen LogP contribution in [0.3, 0.4) is 0 Å². The van der Waals surface area contributed by atoms with Crippen LogP contribution in [0.4, 0.5) is 0 Å². The van der Waals surface area contributed by atoms with Gasteiger partial charge in [-0.1, -0.05) is 37.6 Å². The van der Waals surface area contributed by atoms with Crippen LogP contribution in [0.15, 0.2) is 48.5 Å². The fourth-order valence-corrected chi connectivity index (χ4v) is 5.26. The maximum absolute atomic E-state index is 11.3. The predicted octanol–water partition coefficient (Wildman–Crippen LogP) is -4.50. The second-order valence-corrected chi connectivity index (χ2v) is 10.3. The minimum Gasteiger partial charge on any atom is -1.00 e. The van der Waals surface area contributed by atoms with Crippen molar-refractivity contribution < 1.29 is 190 Å². The second kappa shape index (κ2) is 17.6. The van der Waals surface area contributed by atoms with E-state index in [2.05, 4.69) is 6.92 Å². The van der Waals surface area contributed by atoms with Gasteiger partial charge in [0.25, 0.3) is 10.1 Å². The van der Waals surface area contributed by atoms with Crippen molar-refractivity contribution in [3.63, 3.8) is 0 Å². The Morgan fingerprint density at radius 2 is 1.58 bits per heavy atom. The van der Waals surface area contributed by atoms with Gasteiger partial charge in [-0.2, -0.15) is 8.42 Å². The van der Waals surface area contributed by atoms with Crippen LogP contribution in [0.5, 0.6) is 11.5 Å². The maximum atomic E-state index is 11.3. The van der Waals surface area contributed by atoms with Crippen molar-refractivity contribution in [3.8, 4) is 11.5 Å². The molecule has 0 radical (unpaired) electrons. The van der Waals surface area contributed by atoms with E-state index in [-0.39, 0.29) is 171 Å². The van der Waals surface area contributed by atoms with Gasteiger partial charge in [-0.25, -0.2) is 0 Å². The first-order valence-electron chi connectivity index (χ1n) is 8.97. The molecule has 0 fully saturated rings. The third-order valence-corrected chi connectivity index (χ3v) is 7.79. The normalized spacial score (nSPS) is 12.0. The Kier molecular flexibility index (Phi) is 20.7. The molecule has 12 heteroatoms. The summed E-state index contributed by atoms with van der Waals surface area (Å²) in [6.45, 7) is 2.12. The maximum Gasteiger partial charge on any atom is 1.00 e. The molecule has 0 bridgehead atoms. The van der Waals surface area contributed by atoms with Crippen LogP contribution in [0, 0.1) is 0 Å². The molecule has 0 amide bonds. The van der Waals surface area contributed by atoms with E-state index in [0.717, 1.165) is 18.4 Å². The van der Waals surface area contributed by atoms with Gasteiger partial charge in [0, 0.05) is 0 Å². The Bertz CT molecular complexity index is 948. The predicted molar refractivity (Wildman–Crippen MR) is 111 cm³/mol. The molecule has 0 aromatic heterocycles. The molecule has 2 aromatic rings. The Morgan fingerprint density at radius 1 is 0.968 bits per heavy atom. The smallest absolute Gasteiger partial charge is 1.00 e. The van der Waals surface area contributed by atoms with Gasteiger partial charge in [0.05, 0.1) is 0 Å². The van der Waals surface area contributed by atoms with Crippen molar-refractivity contribution in [2.45, 2.75) is 44.0 Å². The molecule has 3 N–H and O–H groups in total. The quantitative estimate of drug-likeness (QED) is 0.156. The average molecular weight is 549 g/mol. The fourth-order valence-electron chi connectivity index (χ4n) is 2.88. The average Bonchev–Trinajstić information content (AvgIpc) is 2.59. The van der Waals surface area contributed by atoms with Gasteiger partial charge in [-0.05, 0) is 61.1 Å². The Labute approximate surface area is 316 Å². The van der Waals surface area contributed by atoms with Gasteiger partial charge in [-0.3, -0.25) is 9.12 Å². The number of rotatable bonds is 10. The van der Waals surface area contributed by atoms with Gasteiger partial charge in [0.1, 0.15) is 11.5 Å². The van der Waals surface area contributed by atoms with Gasteiger partial charge in [-0.15, -0.1) is 0 Å². The standard InChI is InChI=1S/C19H25O7PS.3K.3H/c1-2-5-15-10-12-17(13-11-15)26-18-8-3-6-16(14-18)7-4-9-19(27(20,21)22)28(23,24)25;;;;;;/h3,6,8,10-14,19H,2,4-5,7,9H2,1H3,(H2,20,21,22)(H,23,24,25);;;;;;/q;3*+1;3*-1. The molecule has 7 nitrogen and oxygen atoms in total. The molecule has 0 aliphatic heterocycles. The summed E-state index contributed by atoms with van der Waals surface area (Å²) in [6, 6.07) is 15.0. The van der Waals surface area contributed by atoms with Crippen LogP contribution in [0.1, 0.15) is 41.6 Å². The zero-order valence-electron chi connectivity index (χ0n) is 21.6. The van der Waals surface area contributed by atoms with Gasteiger partial charge in [0.2, 0.25) is 0 Å². The monoisotopic (exact) mass is 548 g/mol. The molecule has 0 heterocycles. The van der Waals surface area contributed by atoms with Gasteiger partial charge in [0.15, 0.2) is 4.99 Å². The van der Waals surface area contributed by atoms with Crippen molar-refractivity contribution in [2.75, 3.05) is 0 Å². The molecule has 2 aromatic carbocycles. The van der Waals surface area contributed by atoms with Crippen LogP contribution >= 0.6 is 7.60 Å². The van der Waals surface area contributed by atoms with Crippen molar-refractivity contribution in [1.29, 1.82) is 0 Å². The minimum absolute atomic E-state index is 0. The van der Waals surface area contributed by atoms with Crippen molar-refractivity contribution in [1.82, 2.24) is 0 Å². The summed E-state index contributed by atoms with van der Waals surface area (Å²) in [7, 11) is -9.77. The summed E-state index contributed by atoms with van der Waals surface area (Å²) in [5, 5.41) is 0. The number of ether oxygens (including phenoxy) is 1. The van der Waals surface area contributed by atoms with Gasteiger partial charge < -0.3 is 18.8 Å². The van der Waals surface area contributed by atoms with Crippen LogP contribution in [-0.2, 0) is 27.5 Å². The van der Waals surface area contributed by atoms with Crippen LogP contribution < -0.4 is 159 Å². The van der Waals surface area contributed by atoms with Crippen LogP contribution in [0.25, 0.3) is 0 Å². The SMILES string of the molecule is CCCc1ccc(Oc2cccc(CCCC(P(=O)(O)O)S(=O)(=O)O)c2)cc1.[H-].[H-].[H-].[K+].[K+].[K+]. The van der Waals surface area contributed by atoms with E-state index >= 15 is 0 Å². The summed E-state index contributed by atoms with van der Waals surface area (Å²) in [5.41, 5.74) is 2.07. The van der Waals surface area contributed by atoms with E-state index in [9.17, 15) is 13.0 Å². The topological polar surface area (TPSA) is 121 Å². The largest absolute Gasteiger partial charge is 1.00 e. The third kappa shape index (κ3) is 13.9. The molecule has 1 unspecified atom stereocenters. The van der Waals surface area contributed by atoms with E-state index in [1.165, 1.54) is 5.56 Å². The number of hydrogen-bond donors (Lipinski definition) is 3. The molecular weight excluding hydrogens is 521 g/mol. The molecule has 0 saturated heterocycles. The summed E-state index contributed by atoms with van der Waals surface area (Å²) < 4.78 is 48.5. The minimum atomic E-state index is -4.95. The van der Waals surface area contributed by atoms with Crippen LogP contribution in [-0.4, -0.2) is 27.7 Å². The zero-order chi connectivity index (χ0) is 20.8. The van der Waals surface area contributed by atoms with E-state index in [1.807, 2.05) is 30.3 Å². The molecule has 31 heavy (non-hydrogen) atoms. The van der Waals surface area contributed by atoms with E-state index < -0.39 is 22.7 Å². The summed E-state index contributed by atoms with van der Waals surface area (Å²) in [4.78, 5) is 16.2. The molecule has 160 valence electrons. The zero-order valence-corrected chi connectivity index (χ0v) is 29.6. The second-order valence-electron chi connectivity index (χ2n) is 6.59. The number of benzene rings is 2. The first kappa shape index (κ1) is 36.4. The van der Waals surface area contributed by atoms with E-state index in [1.54, 1.807) is 18.2 Å². The van der Waals surface area contributed by atoms with Crippen molar-refractivity contribution in [2.24, 2.45) is 0 Å². The Morgan fingerprint density at radius 3 is 2.10 bits per heavy atom. The first-order valence-corrected chi connectivity index (χ1v) is 12.2. The molecule has 1 atom stereocenters. The number of aryl methyl sites for hydroxylation is 2. The molecule has 0 saturated carbocycles. The summed E-state index contributed by atoms with van der Waals surface area (Å²) in [5.74, 6) is 1.31. The Balaban J connectivity index is -0.000000467. The van der Waals surface area contributed by atoms with E-state index in [4.69, 9.17) is 19.1 Å². The summed E-state index contributed by atoms with van der Waals surface area (Å²) in [6.07, 6.45) is 2.31. The molecular formula is C19H28K3O7PS. The number of hydrogen-bond acceptors (Lipinski definition) is 4. The third-order valence-electron chi connectivity index (χ3n) is 4.23. The Hall–Kier alpha value is 3.21.